The van der Waals surface area contributed by atoms with Crippen molar-refractivity contribution in [2.24, 2.45) is 5.92 Å². The van der Waals surface area contributed by atoms with Crippen molar-refractivity contribution in [1.29, 1.82) is 0 Å². The molecular formula is C17H30N2. The summed E-state index contributed by atoms with van der Waals surface area (Å²) in [4.78, 5) is 0. The second-order valence-corrected chi connectivity index (χ2v) is 6.72. The van der Waals surface area contributed by atoms with Crippen LogP contribution in [0.1, 0.15) is 52.6 Å². The van der Waals surface area contributed by atoms with Gasteiger partial charge in [-0.3, -0.25) is 0 Å². The van der Waals surface area contributed by atoms with Crippen molar-refractivity contribution in [2.75, 3.05) is 13.1 Å². The Morgan fingerprint density at radius 1 is 1.00 bits per heavy atom. The average Bonchev–Trinajstić information content (AvgIpc) is 2.32. The van der Waals surface area contributed by atoms with Crippen molar-refractivity contribution >= 4 is 0 Å². The van der Waals surface area contributed by atoms with Crippen LogP contribution >= 0.6 is 0 Å². The highest BCUT2D eigenvalue weighted by molar-refractivity contribution is 5.18. The highest BCUT2D eigenvalue weighted by atomic mass is 15.0. The molecule has 1 rings (SSSR count). The van der Waals surface area contributed by atoms with Gasteiger partial charge in [-0.05, 0) is 38.7 Å². The number of nitrogens with one attached hydrogen (secondary N) is 2. The predicted molar refractivity (Wildman–Crippen MR) is 84.4 cm³/mol. The van der Waals surface area contributed by atoms with E-state index in [9.17, 15) is 0 Å². The van der Waals surface area contributed by atoms with Gasteiger partial charge >= 0.3 is 0 Å². The van der Waals surface area contributed by atoms with Crippen molar-refractivity contribution in [3.8, 4) is 0 Å². The first-order valence-corrected chi connectivity index (χ1v) is 7.42. The van der Waals surface area contributed by atoms with Gasteiger partial charge in [-0.15, -0.1) is 0 Å². The van der Waals surface area contributed by atoms with Gasteiger partial charge in [0.2, 0.25) is 0 Å². The maximum Gasteiger partial charge on any atom is 0.0323 e. The Kier molecular flexibility index (Phi) is 6.53. The Morgan fingerprint density at radius 3 is 2.16 bits per heavy atom. The summed E-state index contributed by atoms with van der Waals surface area (Å²) < 4.78 is 0. The minimum atomic E-state index is 0.196. The molecule has 2 nitrogen and oxygen atoms in total. The van der Waals surface area contributed by atoms with Crippen LogP contribution in [0.5, 0.6) is 0 Å². The Morgan fingerprint density at radius 2 is 1.63 bits per heavy atom. The number of rotatable bonds is 7. The zero-order valence-electron chi connectivity index (χ0n) is 13.2. The smallest absolute Gasteiger partial charge is 0.0323 e. The van der Waals surface area contributed by atoms with Crippen LogP contribution in [0.3, 0.4) is 0 Å². The first-order chi connectivity index (χ1) is 8.88. The molecule has 0 aliphatic rings. The SMILES string of the molecule is CC(C)CC(NCCNC(C)(C)C)c1ccccc1. The predicted octanol–water partition coefficient (Wildman–Crippen LogP) is 3.75. The molecular weight excluding hydrogens is 232 g/mol. The first-order valence-electron chi connectivity index (χ1n) is 7.42. The van der Waals surface area contributed by atoms with Crippen molar-refractivity contribution in [3.05, 3.63) is 35.9 Å². The lowest BCUT2D eigenvalue weighted by Gasteiger charge is -2.24. The summed E-state index contributed by atoms with van der Waals surface area (Å²) in [5.74, 6) is 0.702. The average molecular weight is 262 g/mol. The molecule has 2 N–H and O–H groups in total. The lowest BCUT2D eigenvalue weighted by Crippen LogP contribution is -2.40. The molecule has 0 saturated heterocycles. The third kappa shape index (κ3) is 7.34. The normalized spacial score (nSPS) is 13.8. The standard InChI is InChI=1S/C17H30N2/c1-14(2)13-16(15-9-7-6-8-10-15)18-11-12-19-17(3,4)5/h6-10,14,16,18-19H,11-13H2,1-5H3. The molecule has 1 atom stereocenters. The van der Waals surface area contributed by atoms with E-state index < -0.39 is 0 Å². The van der Waals surface area contributed by atoms with E-state index in [-0.39, 0.29) is 5.54 Å². The van der Waals surface area contributed by atoms with Crippen LogP contribution in [0.15, 0.2) is 30.3 Å². The topological polar surface area (TPSA) is 24.1 Å². The van der Waals surface area contributed by atoms with E-state index in [1.54, 1.807) is 0 Å². The van der Waals surface area contributed by atoms with E-state index in [4.69, 9.17) is 0 Å². The molecule has 0 spiro atoms. The molecule has 19 heavy (non-hydrogen) atoms. The van der Waals surface area contributed by atoms with Gasteiger partial charge in [0.1, 0.15) is 0 Å². The maximum atomic E-state index is 3.68. The van der Waals surface area contributed by atoms with Crippen LogP contribution in [-0.2, 0) is 0 Å². The van der Waals surface area contributed by atoms with Gasteiger partial charge in [-0.2, -0.15) is 0 Å². The van der Waals surface area contributed by atoms with Gasteiger partial charge in [-0.25, -0.2) is 0 Å². The number of hydrogen-bond acceptors (Lipinski definition) is 2. The van der Waals surface area contributed by atoms with Gasteiger partial charge < -0.3 is 10.6 Å². The van der Waals surface area contributed by atoms with Crippen LogP contribution in [0.4, 0.5) is 0 Å². The lowest BCUT2D eigenvalue weighted by molar-refractivity contribution is 0.389. The molecule has 0 radical (unpaired) electrons. The van der Waals surface area contributed by atoms with Gasteiger partial charge in [0.25, 0.3) is 0 Å². The van der Waals surface area contributed by atoms with E-state index in [0.717, 1.165) is 13.1 Å². The molecule has 0 heterocycles. The second kappa shape index (κ2) is 7.66. The molecule has 1 aromatic carbocycles. The molecule has 0 amide bonds. The van der Waals surface area contributed by atoms with Crippen LogP contribution in [0.25, 0.3) is 0 Å². The Hall–Kier alpha value is -0.860. The van der Waals surface area contributed by atoms with Gasteiger partial charge in [0, 0.05) is 24.7 Å². The van der Waals surface area contributed by atoms with Crippen molar-refractivity contribution in [3.63, 3.8) is 0 Å². The van der Waals surface area contributed by atoms with Crippen molar-refractivity contribution in [2.45, 2.75) is 52.6 Å². The molecule has 0 bridgehead atoms. The number of hydrogen-bond donors (Lipinski definition) is 2. The zero-order valence-corrected chi connectivity index (χ0v) is 13.2. The molecule has 0 aromatic heterocycles. The fourth-order valence-corrected chi connectivity index (χ4v) is 2.18. The van der Waals surface area contributed by atoms with Gasteiger partial charge in [-0.1, -0.05) is 44.2 Å². The Bertz CT molecular complexity index is 338. The summed E-state index contributed by atoms with van der Waals surface area (Å²) in [5.41, 5.74) is 1.59. The quantitative estimate of drug-likeness (QED) is 0.731. The molecule has 0 aliphatic heterocycles. The largest absolute Gasteiger partial charge is 0.311 e. The van der Waals surface area contributed by atoms with E-state index in [1.807, 2.05) is 0 Å². The minimum absolute atomic E-state index is 0.196. The zero-order chi connectivity index (χ0) is 14.3. The summed E-state index contributed by atoms with van der Waals surface area (Å²) >= 11 is 0. The molecule has 0 fully saturated rings. The maximum absolute atomic E-state index is 3.68. The third-order valence-corrected chi connectivity index (χ3v) is 3.08. The van der Waals surface area contributed by atoms with E-state index in [2.05, 4.69) is 75.6 Å². The summed E-state index contributed by atoms with van der Waals surface area (Å²) in [5, 5.41) is 7.20. The summed E-state index contributed by atoms with van der Waals surface area (Å²) in [6.07, 6.45) is 1.18. The molecule has 108 valence electrons. The van der Waals surface area contributed by atoms with Crippen molar-refractivity contribution in [1.82, 2.24) is 10.6 Å². The minimum Gasteiger partial charge on any atom is -0.311 e. The molecule has 1 unspecified atom stereocenters. The van der Waals surface area contributed by atoms with Crippen LogP contribution in [0.2, 0.25) is 0 Å². The fraction of sp³-hybridized carbons (Fsp3) is 0.647. The van der Waals surface area contributed by atoms with Crippen LogP contribution in [-0.4, -0.2) is 18.6 Å². The highest BCUT2D eigenvalue weighted by Crippen LogP contribution is 2.20. The Balaban J connectivity index is 2.47. The summed E-state index contributed by atoms with van der Waals surface area (Å²) in [6, 6.07) is 11.2. The summed E-state index contributed by atoms with van der Waals surface area (Å²) in [7, 11) is 0. The Labute approximate surface area is 119 Å². The van der Waals surface area contributed by atoms with E-state index in [1.165, 1.54) is 12.0 Å². The molecule has 2 heteroatoms. The second-order valence-electron chi connectivity index (χ2n) is 6.72. The lowest BCUT2D eigenvalue weighted by atomic mass is 9.97. The summed E-state index contributed by atoms with van der Waals surface area (Å²) in [6.45, 7) is 13.2. The van der Waals surface area contributed by atoms with Crippen LogP contribution in [0, 0.1) is 5.92 Å². The number of benzene rings is 1. The molecule has 0 saturated carbocycles. The van der Waals surface area contributed by atoms with E-state index >= 15 is 0 Å². The van der Waals surface area contributed by atoms with Gasteiger partial charge in [0.05, 0.1) is 0 Å². The van der Waals surface area contributed by atoms with E-state index in [0.29, 0.717) is 12.0 Å². The highest BCUT2D eigenvalue weighted by Gasteiger charge is 2.13. The fourth-order valence-electron chi connectivity index (χ4n) is 2.18. The molecule has 0 aliphatic carbocycles. The third-order valence-electron chi connectivity index (χ3n) is 3.08. The molecule has 1 aromatic rings. The van der Waals surface area contributed by atoms with Crippen molar-refractivity contribution < 1.29 is 0 Å². The van der Waals surface area contributed by atoms with Crippen LogP contribution < -0.4 is 10.6 Å². The van der Waals surface area contributed by atoms with Gasteiger partial charge in [0.15, 0.2) is 0 Å². The first kappa shape index (κ1) is 16.2. The monoisotopic (exact) mass is 262 g/mol.